The Kier molecular flexibility index (Phi) is 26.3. The molecule has 0 saturated heterocycles. The van der Waals surface area contributed by atoms with Crippen LogP contribution in [0.25, 0.3) is 0 Å². The maximum atomic E-state index is 9.53. The van der Waals surface area contributed by atoms with Crippen molar-refractivity contribution in [3.8, 4) is 0 Å². The Labute approximate surface area is 212 Å². The largest absolute Gasteiger partial charge is 0.116 e. The second-order valence-electron chi connectivity index (χ2n) is 10.4. The Balaban J connectivity index is -0.000000493. The minimum atomic E-state index is -0.417. The molecule has 2 nitrogen and oxygen atoms in total. The van der Waals surface area contributed by atoms with Gasteiger partial charge in [0.2, 0.25) is 0 Å². The second kappa shape index (κ2) is 22.0. The summed E-state index contributed by atoms with van der Waals surface area (Å²) in [6, 6.07) is 0. The van der Waals surface area contributed by atoms with E-state index in [1.807, 2.05) is 0 Å². The summed E-state index contributed by atoms with van der Waals surface area (Å²) in [6.07, 6.45) is 7.90. The normalized spacial score (nSPS) is 23.5. The van der Waals surface area contributed by atoms with Crippen LogP contribution in [0.2, 0.25) is 0 Å². The molecule has 1 fully saturated rings. The van der Waals surface area contributed by atoms with Crippen molar-refractivity contribution in [2.75, 3.05) is 0 Å². The minimum absolute atomic E-state index is 0.417. The average Bonchev–Trinajstić information content (AvgIpc) is 2.65. The first-order valence-electron chi connectivity index (χ1n) is 12.7. The van der Waals surface area contributed by atoms with Crippen LogP contribution >= 0.6 is 15.2 Å². The standard InChI is InChI=1S/C17H35P.2C3H7O.C3H8P.Ti/c1-7-14(5)17(15(6)8-2)11-9-10-16(12-17)18-13(3)4;3*1-3(2)4;/h13-16,18H,7-12H2,1-6H3;2*3H,1-2H3;3-4H,1-2H3;/q;3*-1;+3. The number of rotatable bonds is 7. The van der Waals surface area contributed by atoms with E-state index in [9.17, 15) is 10.2 Å². The molecule has 1 aliphatic rings. The van der Waals surface area contributed by atoms with Gasteiger partial charge >= 0.3 is 46.0 Å². The van der Waals surface area contributed by atoms with E-state index in [1.54, 1.807) is 27.7 Å². The van der Waals surface area contributed by atoms with Gasteiger partial charge in [-0.2, -0.15) is 0 Å². The zero-order valence-corrected chi connectivity index (χ0v) is 26.7. The van der Waals surface area contributed by atoms with Gasteiger partial charge < -0.3 is 10.2 Å². The van der Waals surface area contributed by atoms with Crippen molar-refractivity contribution in [3.05, 3.63) is 0 Å². The first-order chi connectivity index (χ1) is 14.2. The van der Waals surface area contributed by atoms with Gasteiger partial charge in [0, 0.05) is 0 Å². The molecular weight excluding hydrogens is 454 g/mol. The number of hydrogen-bond donors (Lipinski definition) is 0. The van der Waals surface area contributed by atoms with Gasteiger partial charge in [0.15, 0.2) is 0 Å². The Morgan fingerprint density at radius 1 is 0.806 bits per heavy atom. The predicted octanol–water partition coefficient (Wildman–Crippen LogP) is 7.14. The van der Waals surface area contributed by atoms with Gasteiger partial charge in [-0.1, -0.05) is 88.5 Å². The summed E-state index contributed by atoms with van der Waals surface area (Å²) in [5.74, 6) is 1.82. The second-order valence-corrected chi connectivity index (χ2v) is 15.5. The molecule has 5 atom stereocenters. The molecule has 187 valence electrons. The van der Waals surface area contributed by atoms with Gasteiger partial charge in [0.05, 0.1) is 0 Å². The Bertz CT molecular complexity index is 355. The van der Waals surface area contributed by atoms with Crippen molar-refractivity contribution in [3.63, 3.8) is 0 Å². The molecule has 0 N–H and O–H groups in total. The minimum Gasteiger partial charge on any atom is -0.116 e. The summed E-state index contributed by atoms with van der Waals surface area (Å²) < 4.78 is 0. The first kappa shape index (κ1) is 37.1. The molecule has 0 heterocycles. The summed E-state index contributed by atoms with van der Waals surface area (Å²) in [7, 11) is 1.19. The molecule has 0 bridgehead atoms. The fraction of sp³-hybridized carbons (Fsp3) is 1.00. The molecule has 1 rings (SSSR count). The Hall–Kier alpha value is 1.49. The molecule has 0 aliphatic heterocycles. The van der Waals surface area contributed by atoms with Crippen LogP contribution in [0.1, 0.15) is 122 Å². The zero-order valence-electron chi connectivity index (χ0n) is 23.1. The average molecular weight is 512 g/mol. The van der Waals surface area contributed by atoms with E-state index in [-0.39, 0.29) is 0 Å². The molecule has 5 unspecified atom stereocenters. The molecule has 31 heavy (non-hydrogen) atoms. The fourth-order valence-electron chi connectivity index (χ4n) is 4.15. The maximum absolute atomic E-state index is 9.53. The summed E-state index contributed by atoms with van der Waals surface area (Å²) in [5.41, 5.74) is 3.50. The van der Waals surface area contributed by atoms with Crippen LogP contribution < -0.4 is 10.2 Å². The van der Waals surface area contributed by atoms with Crippen molar-refractivity contribution in [1.29, 1.82) is 0 Å². The molecule has 0 aromatic rings. The molecule has 0 amide bonds. The predicted molar refractivity (Wildman–Crippen MR) is 141 cm³/mol. The van der Waals surface area contributed by atoms with E-state index < -0.39 is 12.2 Å². The fourth-order valence-corrected chi connectivity index (χ4v) is 5.96. The van der Waals surface area contributed by atoms with Gasteiger partial charge in [0.1, 0.15) is 0 Å². The van der Waals surface area contributed by atoms with E-state index in [2.05, 4.69) is 75.3 Å². The van der Waals surface area contributed by atoms with Gasteiger partial charge in [-0.3, -0.25) is 0 Å². The van der Waals surface area contributed by atoms with E-state index >= 15 is 0 Å². The smallest absolute Gasteiger partial charge is 0.0229 e. The quantitative estimate of drug-likeness (QED) is 0.269. The summed E-state index contributed by atoms with van der Waals surface area (Å²) >= 11 is 2.23. The van der Waals surface area contributed by atoms with Crippen LogP contribution in [-0.4, -0.2) is 29.2 Å². The zero-order chi connectivity index (χ0) is 25.2. The van der Waals surface area contributed by atoms with Gasteiger partial charge in [0.25, 0.3) is 0 Å². The van der Waals surface area contributed by atoms with Crippen LogP contribution in [0.4, 0.5) is 0 Å². The van der Waals surface area contributed by atoms with Crippen LogP contribution in [-0.2, 0) is 19.9 Å². The molecule has 1 saturated carbocycles. The third-order valence-electron chi connectivity index (χ3n) is 5.87. The first-order valence-corrected chi connectivity index (χ1v) is 17.3. The summed E-state index contributed by atoms with van der Waals surface area (Å²) in [5, 5.41) is 19.1. The molecule has 0 aromatic heterocycles. The maximum Gasteiger partial charge on any atom is -0.0229 e. The molecule has 0 spiro atoms. The molecular formula is C26H57O2P2Ti. The van der Waals surface area contributed by atoms with Gasteiger partial charge in [-0.25, -0.2) is 0 Å². The number of hydrogen-bond acceptors (Lipinski definition) is 2. The van der Waals surface area contributed by atoms with Crippen molar-refractivity contribution < 1.29 is 30.1 Å². The Morgan fingerprint density at radius 2 is 1.16 bits per heavy atom. The SMILES string of the molecule is CC(C)[O-].CC(C)[O-].CC(C)[PH][Ti+2].CCC(C)C1(C(C)CC)CCCC(PC(C)C)C1. The van der Waals surface area contributed by atoms with Gasteiger partial charge in [-0.05, 0) is 47.8 Å². The van der Waals surface area contributed by atoms with E-state index in [0.717, 1.165) is 35.4 Å². The monoisotopic (exact) mass is 511 g/mol. The van der Waals surface area contributed by atoms with Crippen LogP contribution in [0.15, 0.2) is 0 Å². The van der Waals surface area contributed by atoms with E-state index in [1.165, 1.54) is 47.1 Å². The van der Waals surface area contributed by atoms with E-state index in [0.29, 0.717) is 5.41 Å². The summed E-state index contributed by atoms with van der Waals surface area (Å²) in [4.78, 5) is 0. The van der Waals surface area contributed by atoms with E-state index in [4.69, 9.17) is 0 Å². The molecule has 0 radical (unpaired) electrons. The van der Waals surface area contributed by atoms with Crippen molar-refractivity contribution >= 4 is 15.2 Å². The molecule has 5 heteroatoms. The molecule has 0 aromatic carbocycles. The van der Waals surface area contributed by atoms with Crippen molar-refractivity contribution in [2.45, 2.75) is 151 Å². The summed E-state index contributed by atoms with van der Waals surface area (Å²) in [6.45, 7) is 26.7. The van der Waals surface area contributed by atoms with Crippen LogP contribution in [0.5, 0.6) is 0 Å². The third kappa shape index (κ3) is 21.7. The van der Waals surface area contributed by atoms with Crippen molar-refractivity contribution in [2.24, 2.45) is 17.3 Å². The van der Waals surface area contributed by atoms with Crippen LogP contribution in [0, 0.1) is 17.3 Å². The third-order valence-corrected chi connectivity index (χ3v) is 10.8. The topological polar surface area (TPSA) is 46.1 Å². The molecule has 1 aliphatic carbocycles. The van der Waals surface area contributed by atoms with Crippen molar-refractivity contribution in [1.82, 2.24) is 0 Å². The van der Waals surface area contributed by atoms with Crippen LogP contribution in [0.3, 0.4) is 0 Å². The van der Waals surface area contributed by atoms with Gasteiger partial charge in [-0.15, -0.1) is 20.8 Å². The Morgan fingerprint density at radius 3 is 1.42 bits per heavy atom.